The highest BCUT2D eigenvalue weighted by Crippen LogP contribution is 2.45. The van der Waals surface area contributed by atoms with Crippen molar-refractivity contribution in [3.8, 4) is 0 Å². The lowest BCUT2D eigenvalue weighted by molar-refractivity contribution is 0.250. The second-order valence-corrected chi connectivity index (χ2v) is 5.42. The van der Waals surface area contributed by atoms with Crippen molar-refractivity contribution in [3.63, 3.8) is 0 Å². The Labute approximate surface area is 98.0 Å². The highest BCUT2D eigenvalue weighted by molar-refractivity contribution is 5.36. The molecule has 16 heavy (non-hydrogen) atoms. The van der Waals surface area contributed by atoms with E-state index in [2.05, 4.69) is 37.5 Å². The van der Waals surface area contributed by atoms with Gasteiger partial charge in [0.25, 0.3) is 0 Å². The molecule has 2 rings (SSSR count). The maximum Gasteiger partial charge on any atom is 0.0634 e. The average molecular weight is 221 g/mol. The molecule has 1 aromatic heterocycles. The maximum atomic E-state index is 5.99. The molecule has 90 valence electrons. The summed E-state index contributed by atoms with van der Waals surface area (Å²) in [5.74, 6) is 0. The molecule has 0 unspecified atom stereocenters. The van der Waals surface area contributed by atoms with E-state index in [1.54, 1.807) is 0 Å². The summed E-state index contributed by atoms with van der Waals surface area (Å²) < 4.78 is 2.14. The van der Waals surface area contributed by atoms with Gasteiger partial charge < -0.3 is 5.73 Å². The molecule has 1 aliphatic carbocycles. The Morgan fingerprint density at radius 3 is 2.31 bits per heavy atom. The number of hydrogen-bond acceptors (Lipinski definition) is 2. The van der Waals surface area contributed by atoms with Gasteiger partial charge >= 0.3 is 0 Å². The molecular weight excluding hydrogens is 198 g/mol. The minimum Gasteiger partial charge on any atom is -0.330 e. The topological polar surface area (TPSA) is 43.8 Å². The monoisotopic (exact) mass is 221 g/mol. The minimum atomic E-state index is 0.237. The predicted octanol–water partition coefficient (Wildman–Crippen LogP) is 2.46. The van der Waals surface area contributed by atoms with Crippen molar-refractivity contribution in [1.29, 1.82) is 0 Å². The molecule has 1 fully saturated rings. The summed E-state index contributed by atoms with van der Waals surface area (Å²) >= 11 is 0. The number of aromatic nitrogens is 2. The van der Waals surface area contributed by atoms with Crippen LogP contribution in [0, 0.1) is 13.8 Å². The number of nitrogens with two attached hydrogens (primary N) is 1. The molecule has 2 N–H and O–H groups in total. The van der Waals surface area contributed by atoms with Gasteiger partial charge in [0.15, 0.2) is 0 Å². The first-order valence-corrected chi connectivity index (χ1v) is 6.28. The molecule has 0 bridgehead atoms. The molecule has 0 aromatic carbocycles. The van der Waals surface area contributed by atoms with E-state index in [-0.39, 0.29) is 5.41 Å². The fourth-order valence-corrected chi connectivity index (χ4v) is 3.09. The summed E-state index contributed by atoms with van der Waals surface area (Å²) in [6.45, 7) is 9.43. The summed E-state index contributed by atoms with van der Waals surface area (Å²) in [6, 6.07) is 0.433. The van der Waals surface area contributed by atoms with Gasteiger partial charge in [-0.3, -0.25) is 4.68 Å². The van der Waals surface area contributed by atoms with Gasteiger partial charge in [-0.25, -0.2) is 0 Å². The van der Waals surface area contributed by atoms with E-state index in [1.807, 2.05) is 0 Å². The summed E-state index contributed by atoms with van der Waals surface area (Å²) in [6.07, 6.45) is 3.77. The summed E-state index contributed by atoms with van der Waals surface area (Å²) in [5, 5.41) is 4.67. The molecule has 1 saturated carbocycles. The van der Waals surface area contributed by atoms with Gasteiger partial charge in [-0.15, -0.1) is 0 Å². The van der Waals surface area contributed by atoms with Crippen molar-refractivity contribution in [3.05, 3.63) is 17.0 Å². The van der Waals surface area contributed by atoms with E-state index in [9.17, 15) is 0 Å². The van der Waals surface area contributed by atoms with Crippen molar-refractivity contribution in [2.45, 2.75) is 58.4 Å². The van der Waals surface area contributed by atoms with Crippen LogP contribution >= 0.6 is 0 Å². The quantitative estimate of drug-likeness (QED) is 0.852. The van der Waals surface area contributed by atoms with Crippen molar-refractivity contribution in [2.75, 3.05) is 6.54 Å². The lowest BCUT2D eigenvalue weighted by atomic mass is 9.64. The van der Waals surface area contributed by atoms with Crippen LogP contribution in [0.5, 0.6) is 0 Å². The normalized spacial score (nSPS) is 18.9. The van der Waals surface area contributed by atoms with Gasteiger partial charge in [-0.1, -0.05) is 6.42 Å². The lowest BCUT2D eigenvalue weighted by Gasteiger charge is -2.41. The Hall–Kier alpha value is -0.830. The molecule has 1 aromatic rings. The summed E-state index contributed by atoms with van der Waals surface area (Å²) in [4.78, 5) is 0. The fourth-order valence-electron chi connectivity index (χ4n) is 3.09. The van der Waals surface area contributed by atoms with Crippen LogP contribution in [0.4, 0.5) is 0 Å². The van der Waals surface area contributed by atoms with Crippen LogP contribution in [0.2, 0.25) is 0 Å². The lowest BCUT2D eigenvalue weighted by Crippen LogP contribution is -2.42. The highest BCUT2D eigenvalue weighted by atomic mass is 15.3. The van der Waals surface area contributed by atoms with E-state index in [0.717, 1.165) is 6.54 Å². The molecular formula is C13H23N3. The first kappa shape index (κ1) is 11.6. The molecule has 0 atom stereocenters. The Bertz CT molecular complexity index is 381. The van der Waals surface area contributed by atoms with Gasteiger partial charge in [-0.05, 0) is 40.5 Å². The third-order valence-electron chi connectivity index (χ3n) is 4.05. The molecule has 1 aliphatic rings. The summed E-state index contributed by atoms with van der Waals surface area (Å²) in [5.41, 5.74) is 10.1. The first-order valence-electron chi connectivity index (χ1n) is 6.28. The zero-order chi connectivity index (χ0) is 11.9. The Balaban J connectivity index is 2.48. The number of aryl methyl sites for hydroxylation is 1. The van der Waals surface area contributed by atoms with Gasteiger partial charge in [0.05, 0.1) is 5.69 Å². The van der Waals surface area contributed by atoms with E-state index < -0.39 is 0 Å². The largest absolute Gasteiger partial charge is 0.330 e. The Morgan fingerprint density at radius 2 is 2.00 bits per heavy atom. The van der Waals surface area contributed by atoms with Crippen LogP contribution < -0.4 is 5.73 Å². The second kappa shape index (κ2) is 3.88. The second-order valence-electron chi connectivity index (χ2n) is 5.42. The van der Waals surface area contributed by atoms with Gasteiger partial charge in [0, 0.05) is 29.3 Å². The standard InChI is InChI=1S/C13H23N3/c1-9(2)16-11(4)12(10(3)15-16)13(8-14)6-5-7-13/h9H,5-8,14H2,1-4H3. The molecule has 0 aliphatic heterocycles. The third-order valence-corrected chi connectivity index (χ3v) is 4.05. The molecule has 3 nitrogen and oxygen atoms in total. The minimum absolute atomic E-state index is 0.237. The average Bonchev–Trinajstić information content (AvgIpc) is 2.45. The smallest absolute Gasteiger partial charge is 0.0634 e. The van der Waals surface area contributed by atoms with Crippen LogP contribution in [0.25, 0.3) is 0 Å². The maximum absolute atomic E-state index is 5.99. The van der Waals surface area contributed by atoms with Crippen LogP contribution in [0.15, 0.2) is 0 Å². The SMILES string of the molecule is Cc1nn(C(C)C)c(C)c1C1(CN)CCC1. The zero-order valence-corrected chi connectivity index (χ0v) is 10.9. The molecule has 0 spiro atoms. The van der Waals surface area contributed by atoms with E-state index in [0.29, 0.717) is 6.04 Å². The highest BCUT2D eigenvalue weighted by Gasteiger charge is 2.41. The van der Waals surface area contributed by atoms with Crippen molar-refractivity contribution in [1.82, 2.24) is 9.78 Å². The molecule has 0 radical (unpaired) electrons. The molecule has 3 heteroatoms. The fraction of sp³-hybridized carbons (Fsp3) is 0.769. The third kappa shape index (κ3) is 1.49. The van der Waals surface area contributed by atoms with Crippen LogP contribution in [0.3, 0.4) is 0 Å². The van der Waals surface area contributed by atoms with Crippen molar-refractivity contribution in [2.24, 2.45) is 5.73 Å². The van der Waals surface area contributed by atoms with Crippen molar-refractivity contribution >= 4 is 0 Å². The van der Waals surface area contributed by atoms with E-state index >= 15 is 0 Å². The molecule has 0 amide bonds. The number of hydrogen-bond donors (Lipinski definition) is 1. The summed E-state index contributed by atoms with van der Waals surface area (Å²) in [7, 11) is 0. The predicted molar refractivity (Wildman–Crippen MR) is 66.7 cm³/mol. The van der Waals surface area contributed by atoms with Crippen LogP contribution in [0.1, 0.15) is 56.1 Å². The van der Waals surface area contributed by atoms with Gasteiger partial charge in [0.1, 0.15) is 0 Å². The molecule has 0 saturated heterocycles. The molecule has 1 heterocycles. The van der Waals surface area contributed by atoms with E-state index in [1.165, 1.54) is 36.2 Å². The number of rotatable bonds is 3. The Morgan fingerprint density at radius 1 is 1.38 bits per heavy atom. The Kier molecular flexibility index (Phi) is 2.82. The number of nitrogens with zero attached hydrogens (tertiary/aromatic N) is 2. The van der Waals surface area contributed by atoms with Crippen molar-refractivity contribution < 1.29 is 0 Å². The van der Waals surface area contributed by atoms with Gasteiger partial charge in [0.2, 0.25) is 0 Å². The first-order chi connectivity index (χ1) is 7.52. The van der Waals surface area contributed by atoms with Crippen LogP contribution in [-0.2, 0) is 5.41 Å². The van der Waals surface area contributed by atoms with Crippen LogP contribution in [-0.4, -0.2) is 16.3 Å². The van der Waals surface area contributed by atoms with E-state index in [4.69, 9.17) is 5.73 Å². The van der Waals surface area contributed by atoms with Gasteiger partial charge in [-0.2, -0.15) is 5.10 Å². The zero-order valence-electron chi connectivity index (χ0n) is 10.9.